The smallest absolute Gasteiger partial charge is 0.323 e. The van der Waals surface area contributed by atoms with Crippen LogP contribution in [-0.2, 0) is 4.79 Å². The first-order valence-corrected chi connectivity index (χ1v) is 12.1. The van der Waals surface area contributed by atoms with E-state index in [-0.39, 0.29) is 34.2 Å². The van der Waals surface area contributed by atoms with Gasteiger partial charge in [-0.15, -0.1) is 0 Å². The molecule has 37 heavy (non-hydrogen) atoms. The number of rotatable bonds is 6. The summed E-state index contributed by atoms with van der Waals surface area (Å²) in [6.45, 7) is 9.24. The molecule has 1 aliphatic heterocycles. The average Bonchev–Trinajstić information content (AvgIpc) is 3.36. The van der Waals surface area contributed by atoms with Crippen molar-refractivity contribution in [3.05, 3.63) is 77.2 Å². The standard InChI is InChI=1S/C17H14ClFN6O.C9H15NO/c1-9-14(16(20)24-8-23-9)15(21-2)11-4-3-10(7-12(11)19)26-17-22-6-5-13(18)25-17;1-3-8-5-6-10(7-8)9(11)4-2/h3-8H,1-2H3,(H2,20,23,24);4,8H,2-3,5-7H2,1H3. The Morgan fingerprint density at radius 1 is 1.35 bits per heavy atom. The second-order valence-electron chi connectivity index (χ2n) is 8.25. The molecule has 194 valence electrons. The number of hydrogen-bond acceptors (Lipinski definition) is 8. The fourth-order valence-electron chi connectivity index (χ4n) is 3.87. The number of carbonyl (C=O) groups excluding carboxylic acids is 1. The van der Waals surface area contributed by atoms with E-state index in [4.69, 9.17) is 22.1 Å². The molecule has 0 saturated carbocycles. The summed E-state index contributed by atoms with van der Waals surface area (Å²) in [5.74, 6) is 0.704. The van der Waals surface area contributed by atoms with E-state index < -0.39 is 5.82 Å². The maximum absolute atomic E-state index is 14.7. The summed E-state index contributed by atoms with van der Waals surface area (Å²) in [7, 11) is 1.55. The monoisotopic (exact) mass is 525 g/mol. The number of nitrogens with zero attached hydrogens (tertiary/aromatic N) is 6. The Kier molecular flexibility index (Phi) is 9.62. The first-order chi connectivity index (χ1) is 17.8. The number of benzene rings is 1. The van der Waals surface area contributed by atoms with Crippen LogP contribution in [0, 0.1) is 18.7 Å². The minimum absolute atomic E-state index is 0.0191. The molecule has 1 fully saturated rings. The number of likely N-dealkylation sites (tertiary alicyclic amines) is 1. The highest BCUT2D eigenvalue weighted by Gasteiger charge is 2.23. The summed E-state index contributed by atoms with van der Waals surface area (Å²) >= 11 is 5.78. The van der Waals surface area contributed by atoms with Crippen molar-refractivity contribution in [1.29, 1.82) is 0 Å². The third kappa shape index (κ3) is 7.07. The van der Waals surface area contributed by atoms with Gasteiger partial charge in [0.1, 0.15) is 28.9 Å². The minimum atomic E-state index is -0.548. The number of amides is 1. The Morgan fingerprint density at radius 2 is 2.14 bits per heavy atom. The van der Waals surface area contributed by atoms with Gasteiger partial charge in [-0.05, 0) is 43.5 Å². The van der Waals surface area contributed by atoms with Gasteiger partial charge in [0.15, 0.2) is 0 Å². The second kappa shape index (κ2) is 12.9. The maximum Gasteiger partial charge on any atom is 0.323 e. The summed E-state index contributed by atoms with van der Waals surface area (Å²) in [6, 6.07) is 5.84. The Labute approximate surface area is 220 Å². The zero-order valence-corrected chi connectivity index (χ0v) is 21.7. The van der Waals surface area contributed by atoms with Crippen molar-refractivity contribution in [3.63, 3.8) is 0 Å². The largest absolute Gasteiger partial charge is 0.424 e. The normalized spacial score (nSPS) is 15.1. The van der Waals surface area contributed by atoms with Crippen molar-refractivity contribution in [2.45, 2.75) is 26.7 Å². The molecule has 1 unspecified atom stereocenters. The van der Waals surface area contributed by atoms with Crippen LogP contribution in [-0.4, -0.2) is 56.6 Å². The van der Waals surface area contributed by atoms with Crippen LogP contribution in [0.25, 0.3) is 0 Å². The Hall–Kier alpha value is -3.92. The number of ether oxygens (including phenoxy) is 1. The van der Waals surface area contributed by atoms with Crippen molar-refractivity contribution in [3.8, 4) is 11.8 Å². The van der Waals surface area contributed by atoms with Gasteiger partial charge in [-0.2, -0.15) is 4.98 Å². The average molecular weight is 526 g/mol. The lowest BCUT2D eigenvalue weighted by molar-refractivity contribution is -0.125. The van der Waals surface area contributed by atoms with Gasteiger partial charge < -0.3 is 15.4 Å². The van der Waals surface area contributed by atoms with E-state index in [9.17, 15) is 9.18 Å². The van der Waals surface area contributed by atoms with Crippen LogP contribution in [0.1, 0.15) is 36.6 Å². The lowest BCUT2D eigenvalue weighted by Crippen LogP contribution is -2.26. The second-order valence-corrected chi connectivity index (χ2v) is 8.64. The molecule has 1 aromatic carbocycles. The van der Waals surface area contributed by atoms with Crippen LogP contribution < -0.4 is 10.5 Å². The van der Waals surface area contributed by atoms with Crippen LogP contribution in [0.3, 0.4) is 0 Å². The minimum Gasteiger partial charge on any atom is -0.424 e. The topological polar surface area (TPSA) is 119 Å². The molecule has 2 aromatic heterocycles. The number of nitrogen functional groups attached to an aromatic ring is 1. The molecule has 1 atom stereocenters. The molecule has 4 rings (SSSR count). The number of carbonyl (C=O) groups is 1. The number of aliphatic imine (C=N–C) groups is 1. The quantitative estimate of drug-likeness (QED) is 0.283. The van der Waals surface area contributed by atoms with Gasteiger partial charge in [-0.3, -0.25) is 9.79 Å². The zero-order chi connectivity index (χ0) is 26.9. The van der Waals surface area contributed by atoms with Crippen molar-refractivity contribution in [1.82, 2.24) is 24.8 Å². The predicted molar refractivity (Wildman–Crippen MR) is 141 cm³/mol. The summed E-state index contributed by atoms with van der Waals surface area (Å²) in [5, 5.41) is 0.225. The van der Waals surface area contributed by atoms with E-state index in [0.29, 0.717) is 17.0 Å². The fraction of sp³-hybridized carbons (Fsp3) is 0.308. The molecule has 0 radical (unpaired) electrons. The van der Waals surface area contributed by atoms with Crippen LogP contribution in [0.5, 0.6) is 11.8 Å². The highest BCUT2D eigenvalue weighted by atomic mass is 35.5. The lowest BCUT2D eigenvalue weighted by atomic mass is 10.0. The molecule has 3 heterocycles. The predicted octanol–water partition coefficient (Wildman–Crippen LogP) is 4.64. The van der Waals surface area contributed by atoms with Gasteiger partial charge >= 0.3 is 6.01 Å². The third-order valence-electron chi connectivity index (χ3n) is 5.88. The SMILES string of the molecule is C=CC(=O)N1CCC(CC)C1.CN=C(c1ccc(Oc2nccc(Cl)n2)cc1F)c1c(C)ncnc1N. The number of halogens is 2. The molecule has 11 heteroatoms. The Bertz CT molecular complexity index is 1280. The molecule has 1 saturated heterocycles. The van der Waals surface area contributed by atoms with Gasteiger partial charge in [-0.1, -0.05) is 31.5 Å². The van der Waals surface area contributed by atoms with E-state index in [1.165, 1.54) is 43.2 Å². The number of hydrogen-bond donors (Lipinski definition) is 1. The van der Waals surface area contributed by atoms with E-state index in [0.717, 1.165) is 25.4 Å². The van der Waals surface area contributed by atoms with Crippen LogP contribution in [0.15, 0.2) is 54.4 Å². The summed E-state index contributed by atoms with van der Waals surface area (Å²) < 4.78 is 20.1. The Balaban J connectivity index is 0.000000289. The molecule has 0 bridgehead atoms. The van der Waals surface area contributed by atoms with Crippen molar-refractivity contribution in [2.75, 3.05) is 25.9 Å². The summed E-state index contributed by atoms with van der Waals surface area (Å²) in [6.07, 6.45) is 6.53. The molecule has 3 aromatic rings. The van der Waals surface area contributed by atoms with Crippen LogP contribution in [0.4, 0.5) is 10.2 Å². The number of anilines is 1. The van der Waals surface area contributed by atoms with Gasteiger partial charge in [0.25, 0.3) is 0 Å². The Morgan fingerprint density at radius 3 is 2.73 bits per heavy atom. The molecule has 0 spiro atoms. The van der Waals surface area contributed by atoms with Gasteiger partial charge in [-0.25, -0.2) is 19.3 Å². The summed E-state index contributed by atoms with van der Waals surface area (Å²) in [4.78, 5) is 33.0. The van der Waals surface area contributed by atoms with E-state index in [1.54, 1.807) is 20.0 Å². The molecular formula is C26H29ClFN7O2. The fourth-order valence-corrected chi connectivity index (χ4v) is 4.00. The molecular weight excluding hydrogens is 497 g/mol. The van der Waals surface area contributed by atoms with Crippen molar-refractivity contribution < 1.29 is 13.9 Å². The molecule has 9 nitrogen and oxygen atoms in total. The number of nitrogens with two attached hydrogens (primary N) is 1. The van der Waals surface area contributed by atoms with Crippen molar-refractivity contribution in [2.24, 2.45) is 10.9 Å². The molecule has 1 aliphatic rings. The number of aromatic nitrogens is 4. The van der Waals surface area contributed by atoms with Crippen molar-refractivity contribution >= 4 is 29.0 Å². The number of aryl methyl sites for hydroxylation is 1. The van der Waals surface area contributed by atoms with Crippen LogP contribution in [0.2, 0.25) is 5.15 Å². The highest BCUT2D eigenvalue weighted by Crippen LogP contribution is 2.25. The first kappa shape index (κ1) is 27.7. The van der Waals surface area contributed by atoms with E-state index in [1.807, 2.05) is 4.90 Å². The van der Waals surface area contributed by atoms with Gasteiger partial charge in [0.05, 0.1) is 17.0 Å². The molecule has 2 N–H and O–H groups in total. The van der Waals surface area contributed by atoms with E-state index in [2.05, 4.69) is 38.4 Å². The highest BCUT2D eigenvalue weighted by molar-refractivity contribution is 6.29. The lowest BCUT2D eigenvalue weighted by Gasteiger charge is -2.12. The maximum atomic E-state index is 14.7. The molecule has 1 amide bonds. The van der Waals surface area contributed by atoms with Gasteiger partial charge in [0.2, 0.25) is 5.91 Å². The van der Waals surface area contributed by atoms with E-state index >= 15 is 0 Å². The van der Waals surface area contributed by atoms with Crippen LogP contribution >= 0.6 is 11.6 Å². The summed E-state index contributed by atoms with van der Waals surface area (Å²) in [5.41, 5.74) is 7.61. The van der Waals surface area contributed by atoms with Gasteiger partial charge in [0, 0.05) is 38.0 Å². The first-order valence-electron chi connectivity index (χ1n) is 11.7. The zero-order valence-electron chi connectivity index (χ0n) is 21.0. The third-order valence-corrected chi connectivity index (χ3v) is 6.09. The molecule has 0 aliphatic carbocycles.